The summed E-state index contributed by atoms with van der Waals surface area (Å²) in [6, 6.07) is 4.83. The molecule has 2 fully saturated rings. The molecular formula is C22H26FN7O. The number of phenolic OH excluding ortho intramolecular Hbond substituents is 1. The Morgan fingerprint density at radius 2 is 2.19 bits per heavy atom. The molecule has 4 atom stereocenters. The molecule has 0 radical (unpaired) electrons. The summed E-state index contributed by atoms with van der Waals surface area (Å²) in [6.07, 6.45) is 9.43. The monoisotopic (exact) mass is 423 g/mol. The number of fused-ring (bicyclic) bond motifs is 2. The van der Waals surface area contributed by atoms with Gasteiger partial charge < -0.3 is 19.9 Å². The van der Waals surface area contributed by atoms with Crippen molar-refractivity contribution in [2.45, 2.75) is 56.4 Å². The lowest BCUT2D eigenvalue weighted by Crippen LogP contribution is -2.66. The first-order chi connectivity index (χ1) is 14.9. The first kappa shape index (κ1) is 19.9. The highest BCUT2D eigenvalue weighted by Gasteiger charge is 2.47. The number of anilines is 1. The molecule has 2 aromatic heterocycles. The van der Waals surface area contributed by atoms with Crippen molar-refractivity contribution in [2.75, 3.05) is 11.9 Å². The molecule has 4 heterocycles. The highest BCUT2D eigenvalue weighted by atomic mass is 19.1. The zero-order valence-electron chi connectivity index (χ0n) is 17.6. The standard InChI is InChI=1S/C22H26FN7O/c1-22-7-3-4-16(26-22)20(23)17(11-22)29(2)19-12-25-21(28-27-19)15-6-5-14(10-18(15)31)30-9-8-24-13-30/h5-6,8-10,12-13,16-17,20,26,31H,3-4,7,11H2,1-2H3/t16?,17-,20+,22-/m0/s1. The van der Waals surface area contributed by atoms with E-state index in [-0.39, 0.29) is 23.4 Å². The third-order valence-corrected chi connectivity index (χ3v) is 6.62. The molecule has 3 aromatic rings. The Hall–Kier alpha value is -3.07. The number of phenols is 1. The summed E-state index contributed by atoms with van der Waals surface area (Å²) in [4.78, 5) is 10.3. The van der Waals surface area contributed by atoms with Crippen molar-refractivity contribution in [3.05, 3.63) is 43.1 Å². The summed E-state index contributed by atoms with van der Waals surface area (Å²) in [7, 11) is 1.85. The van der Waals surface area contributed by atoms with Gasteiger partial charge in [-0.15, -0.1) is 10.2 Å². The van der Waals surface area contributed by atoms with Crippen molar-refractivity contribution in [3.8, 4) is 22.8 Å². The van der Waals surface area contributed by atoms with Crippen LogP contribution in [0.25, 0.3) is 17.1 Å². The van der Waals surface area contributed by atoms with Gasteiger partial charge in [0.15, 0.2) is 11.6 Å². The minimum absolute atomic E-state index is 0.0476. The number of hydrogen-bond acceptors (Lipinski definition) is 7. The number of hydrogen-bond donors (Lipinski definition) is 2. The fourth-order valence-corrected chi connectivity index (χ4v) is 4.90. The first-order valence-corrected chi connectivity index (χ1v) is 10.6. The predicted molar refractivity (Wildman–Crippen MR) is 115 cm³/mol. The maximum Gasteiger partial charge on any atom is 0.185 e. The molecule has 1 unspecified atom stereocenters. The Labute approximate surface area is 180 Å². The van der Waals surface area contributed by atoms with Gasteiger partial charge in [0.25, 0.3) is 0 Å². The molecule has 162 valence electrons. The first-order valence-electron chi connectivity index (χ1n) is 10.6. The van der Waals surface area contributed by atoms with E-state index in [9.17, 15) is 5.11 Å². The SMILES string of the molecule is CN(c1cnc(-c2ccc(-n3ccnc3)cc2O)nn1)[C@H]1C[C@]2(C)CCCC(N2)[C@H]1F. The van der Waals surface area contributed by atoms with E-state index in [1.807, 2.05) is 18.0 Å². The molecule has 0 amide bonds. The number of halogens is 1. The molecule has 2 saturated heterocycles. The van der Waals surface area contributed by atoms with Crippen LogP contribution in [0.3, 0.4) is 0 Å². The second-order valence-corrected chi connectivity index (χ2v) is 8.84. The van der Waals surface area contributed by atoms with E-state index in [2.05, 4.69) is 32.4 Å². The lowest BCUT2D eigenvalue weighted by Gasteiger charge is -2.51. The smallest absolute Gasteiger partial charge is 0.185 e. The normalized spacial score (nSPS) is 27.8. The molecule has 31 heavy (non-hydrogen) atoms. The molecule has 2 aliphatic rings. The summed E-state index contributed by atoms with van der Waals surface area (Å²) in [5.41, 5.74) is 1.22. The predicted octanol–water partition coefficient (Wildman–Crippen LogP) is 2.88. The lowest BCUT2D eigenvalue weighted by molar-refractivity contribution is 0.0607. The topological polar surface area (TPSA) is 92.0 Å². The Kier molecular flexibility index (Phi) is 4.85. The van der Waals surface area contributed by atoms with Crippen LogP contribution in [0.2, 0.25) is 0 Å². The number of nitrogens with zero attached hydrogens (tertiary/aromatic N) is 6. The average molecular weight is 423 g/mol. The van der Waals surface area contributed by atoms with Gasteiger partial charge in [-0.3, -0.25) is 0 Å². The highest BCUT2D eigenvalue weighted by molar-refractivity contribution is 5.66. The maximum atomic E-state index is 15.2. The molecule has 8 nitrogen and oxygen atoms in total. The summed E-state index contributed by atoms with van der Waals surface area (Å²) in [5.74, 6) is 0.893. The van der Waals surface area contributed by atoms with Gasteiger partial charge in [0.05, 0.1) is 29.8 Å². The Balaban J connectivity index is 1.36. The largest absolute Gasteiger partial charge is 0.507 e. The van der Waals surface area contributed by atoms with E-state index in [0.717, 1.165) is 24.9 Å². The van der Waals surface area contributed by atoms with Crippen molar-refractivity contribution >= 4 is 5.82 Å². The minimum atomic E-state index is -0.973. The quantitative estimate of drug-likeness (QED) is 0.667. The Bertz CT molecular complexity index is 1060. The van der Waals surface area contributed by atoms with Crippen LogP contribution >= 0.6 is 0 Å². The molecule has 0 spiro atoms. The zero-order valence-corrected chi connectivity index (χ0v) is 17.6. The van der Waals surface area contributed by atoms with Gasteiger partial charge in [-0.2, -0.15) is 0 Å². The summed E-state index contributed by atoms with van der Waals surface area (Å²) in [5, 5.41) is 22.5. The van der Waals surface area contributed by atoms with E-state index < -0.39 is 6.17 Å². The van der Waals surface area contributed by atoms with Gasteiger partial charge in [0.1, 0.15) is 11.9 Å². The van der Waals surface area contributed by atoms with Crippen molar-refractivity contribution < 1.29 is 9.50 Å². The van der Waals surface area contributed by atoms with Crippen molar-refractivity contribution in [2.24, 2.45) is 0 Å². The van der Waals surface area contributed by atoms with E-state index in [0.29, 0.717) is 23.6 Å². The second-order valence-electron chi connectivity index (χ2n) is 8.84. The molecule has 1 aromatic carbocycles. The van der Waals surface area contributed by atoms with Crippen LogP contribution in [0.5, 0.6) is 5.75 Å². The van der Waals surface area contributed by atoms with Crippen LogP contribution in [0.1, 0.15) is 32.6 Å². The fraction of sp³-hybridized carbons (Fsp3) is 0.455. The average Bonchev–Trinajstić information content (AvgIpc) is 3.31. The van der Waals surface area contributed by atoms with E-state index in [1.54, 1.807) is 41.6 Å². The molecule has 2 N–H and O–H groups in total. The van der Waals surface area contributed by atoms with Gasteiger partial charge in [0, 0.05) is 37.1 Å². The second kappa shape index (κ2) is 7.56. The number of aromatic hydroxyl groups is 1. The highest BCUT2D eigenvalue weighted by Crippen LogP contribution is 2.38. The Morgan fingerprint density at radius 3 is 2.90 bits per heavy atom. The zero-order chi connectivity index (χ0) is 21.6. The van der Waals surface area contributed by atoms with Crippen LogP contribution in [0.15, 0.2) is 43.1 Å². The number of rotatable bonds is 4. The summed E-state index contributed by atoms with van der Waals surface area (Å²) < 4.78 is 17.0. The van der Waals surface area contributed by atoms with Crippen LogP contribution in [-0.4, -0.2) is 60.7 Å². The number of nitrogens with one attached hydrogen (secondary N) is 1. The number of alkyl halides is 1. The van der Waals surface area contributed by atoms with Crippen molar-refractivity contribution in [3.63, 3.8) is 0 Å². The maximum absolute atomic E-state index is 15.2. The van der Waals surface area contributed by atoms with E-state index in [4.69, 9.17) is 0 Å². The number of imidazole rings is 1. The van der Waals surface area contributed by atoms with Crippen LogP contribution in [-0.2, 0) is 0 Å². The van der Waals surface area contributed by atoms with Gasteiger partial charge in [-0.1, -0.05) is 0 Å². The van der Waals surface area contributed by atoms with Gasteiger partial charge in [-0.05, 0) is 44.7 Å². The van der Waals surface area contributed by atoms with Gasteiger partial charge in [0.2, 0.25) is 0 Å². The summed E-state index contributed by atoms with van der Waals surface area (Å²) >= 11 is 0. The number of benzene rings is 1. The van der Waals surface area contributed by atoms with Gasteiger partial charge >= 0.3 is 0 Å². The molecule has 0 saturated carbocycles. The van der Waals surface area contributed by atoms with Crippen LogP contribution in [0, 0.1) is 0 Å². The third-order valence-electron chi connectivity index (χ3n) is 6.62. The Morgan fingerprint density at radius 1 is 1.32 bits per heavy atom. The number of aromatic nitrogens is 5. The molecule has 9 heteroatoms. The minimum Gasteiger partial charge on any atom is -0.507 e. The van der Waals surface area contributed by atoms with Crippen LogP contribution in [0.4, 0.5) is 10.2 Å². The van der Waals surface area contributed by atoms with Crippen LogP contribution < -0.4 is 10.2 Å². The van der Waals surface area contributed by atoms with Crippen molar-refractivity contribution in [1.82, 2.24) is 30.0 Å². The summed E-state index contributed by atoms with van der Waals surface area (Å²) in [6.45, 7) is 2.18. The molecule has 0 aliphatic carbocycles. The van der Waals surface area contributed by atoms with E-state index >= 15 is 4.39 Å². The molecule has 2 aliphatic heterocycles. The molecule has 2 bridgehead atoms. The fourth-order valence-electron chi connectivity index (χ4n) is 4.90. The number of piperidine rings is 2. The molecular weight excluding hydrogens is 397 g/mol. The van der Waals surface area contributed by atoms with Crippen molar-refractivity contribution in [1.29, 1.82) is 0 Å². The third kappa shape index (κ3) is 3.63. The lowest BCUT2D eigenvalue weighted by atomic mass is 9.74. The van der Waals surface area contributed by atoms with E-state index in [1.165, 1.54) is 0 Å². The molecule has 5 rings (SSSR count). The van der Waals surface area contributed by atoms with Gasteiger partial charge in [-0.25, -0.2) is 14.4 Å².